The molecule has 0 radical (unpaired) electrons. The van der Waals surface area contributed by atoms with Gasteiger partial charge in [-0.05, 0) is 39.3 Å². The third-order valence-electron chi connectivity index (χ3n) is 3.43. The summed E-state index contributed by atoms with van der Waals surface area (Å²) in [6.45, 7) is 6.79. The summed E-state index contributed by atoms with van der Waals surface area (Å²) in [5.41, 5.74) is -0.253. The van der Waals surface area contributed by atoms with Crippen LogP contribution in [0.5, 0.6) is 0 Å². The molecule has 1 N–H and O–H groups in total. The van der Waals surface area contributed by atoms with Crippen LogP contribution in [0.25, 0.3) is 0 Å². The van der Waals surface area contributed by atoms with Gasteiger partial charge in [-0.1, -0.05) is 6.07 Å². The zero-order valence-electron chi connectivity index (χ0n) is 14.0. The van der Waals surface area contributed by atoms with Crippen LogP contribution in [-0.4, -0.2) is 53.8 Å². The Morgan fingerprint density at radius 3 is 2.70 bits per heavy atom. The van der Waals surface area contributed by atoms with Crippen LogP contribution in [0, 0.1) is 0 Å². The zero-order valence-corrected chi connectivity index (χ0v) is 14.0. The topological polar surface area (TPSA) is 80.8 Å². The van der Waals surface area contributed by atoms with E-state index in [1.54, 1.807) is 23.1 Å². The van der Waals surface area contributed by atoms with E-state index in [4.69, 9.17) is 4.74 Å². The molecule has 1 fully saturated rings. The van der Waals surface area contributed by atoms with Crippen LogP contribution in [-0.2, 0) is 9.47 Å². The number of carbonyl (C=O) groups is 2. The van der Waals surface area contributed by atoms with Gasteiger partial charge in [-0.3, -0.25) is 0 Å². The van der Waals surface area contributed by atoms with Crippen LogP contribution in [0.1, 0.15) is 37.7 Å². The van der Waals surface area contributed by atoms with Crippen molar-refractivity contribution < 1.29 is 19.1 Å². The number of amides is 1. The molecule has 0 aliphatic carbocycles. The molecule has 7 nitrogen and oxygen atoms in total. The van der Waals surface area contributed by atoms with Gasteiger partial charge in [0.1, 0.15) is 11.4 Å². The molecule has 0 saturated carbocycles. The van der Waals surface area contributed by atoms with Gasteiger partial charge < -0.3 is 19.7 Å². The third kappa shape index (κ3) is 4.58. The molecule has 2 rings (SSSR count). The first-order valence-electron chi connectivity index (χ1n) is 7.59. The van der Waals surface area contributed by atoms with Crippen molar-refractivity contribution in [2.24, 2.45) is 0 Å². The van der Waals surface area contributed by atoms with Gasteiger partial charge in [0.2, 0.25) is 0 Å². The summed E-state index contributed by atoms with van der Waals surface area (Å²) in [5, 5.41) is 3.15. The van der Waals surface area contributed by atoms with E-state index in [-0.39, 0.29) is 17.8 Å². The largest absolute Gasteiger partial charge is 0.464 e. The molecule has 1 aromatic heterocycles. The van der Waals surface area contributed by atoms with Crippen molar-refractivity contribution in [2.75, 3.05) is 25.5 Å². The minimum absolute atomic E-state index is 0.0634. The molecule has 1 saturated heterocycles. The van der Waals surface area contributed by atoms with E-state index in [1.807, 2.05) is 20.8 Å². The number of pyridine rings is 1. The Bertz CT molecular complexity index is 583. The lowest BCUT2D eigenvalue weighted by Gasteiger charge is -2.41. The second-order valence-corrected chi connectivity index (χ2v) is 6.40. The molecule has 1 aliphatic rings. The van der Waals surface area contributed by atoms with Gasteiger partial charge in [0, 0.05) is 13.1 Å². The van der Waals surface area contributed by atoms with Gasteiger partial charge in [0.05, 0.1) is 13.2 Å². The lowest BCUT2D eigenvalue weighted by atomic mass is 10.0. The fourth-order valence-corrected chi connectivity index (χ4v) is 2.19. The van der Waals surface area contributed by atoms with Gasteiger partial charge in [-0.25, -0.2) is 14.6 Å². The second kappa shape index (κ2) is 6.85. The first-order chi connectivity index (χ1) is 10.8. The van der Waals surface area contributed by atoms with Gasteiger partial charge in [-0.15, -0.1) is 0 Å². The summed E-state index contributed by atoms with van der Waals surface area (Å²) >= 11 is 0. The van der Waals surface area contributed by atoms with E-state index >= 15 is 0 Å². The number of nitrogens with zero attached hydrogens (tertiary/aromatic N) is 2. The number of aromatic nitrogens is 1. The van der Waals surface area contributed by atoms with Crippen molar-refractivity contribution in [3.8, 4) is 0 Å². The SMILES string of the molecule is COC(=O)c1cccc(NCC2CCN2C(=O)OC(C)(C)C)n1. The summed E-state index contributed by atoms with van der Waals surface area (Å²) in [6.07, 6.45) is 0.606. The third-order valence-corrected chi connectivity index (χ3v) is 3.43. The highest BCUT2D eigenvalue weighted by Crippen LogP contribution is 2.21. The van der Waals surface area contributed by atoms with E-state index in [9.17, 15) is 9.59 Å². The summed E-state index contributed by atoms with van der Waals surface area (Å²) in [6, 6.07) is 5.15. The zero-order chi connectivity index (χ0) is 17.0. The molecular weight excluding hydrogens is 298 g/mol. The number of nitrogens with one attached hydrogen (secondary N) is 1. The van der Waals surface area contributed by atoms with Crippen molar-refractivity contribution >= 4 is 17.9 Å². The smallest absolute Gasteiger partial charge is 0.410 e. The number of ether oxygens (including phenoxy) is 2. The van der Waals surface area contributed by atoms with E-state index in [1.165, 1.54) is 7.11 Å². The number of hydrogen-bond acceptors (Lipinski definition) is 6. The van der Waals surface area contributed by atoms with Crippen LogP contribution in [0.4, 0.5) is 10.6 Å². The Hall–Kier alpha value is -2.31. The van der Waals surface area contributed by atoms with Crippen molar-refractivity contribution in [2.45, 2.75) is 38.8 Å². The number of likely N-dealkylation sites (tertiary alicyclic amines) is 1. The average molecular weight is 321 g/mol. The first kappa shape index (κ1) is 17.1. The van der Waals surface area contributed by atoms with E-state index < -0.39 is 11.6 Å². The highest BCUT2D eigenvalue weighted by molar-refractivity contribution is 5.87. The van der Waals surface area contributed by atoms with E-state index in [2.05, 4.69) is 15.0 Å². The monoisotopic (exact) mass is 321 g/mol. The Kier molecular flexibility index (Phi) is 5.08. The number of hydrogen-bond donors (Lipinski definition) is 1. The van der Waals surface area contributed by atoms with Crippen LogP contribution >= 0.6 is 0 Å². The predicted molar refractivity (Wildman–Crippen MR) is 85.4 cm³/mol. The minimum Gasteiger partial charge on any atom is -0.464 e. The molecule has 126 valence electrons. The summed E-state index contributed by atoms with van der Waals surface area (Å²) in [7, 11) is 1.32. The van der Waals surface area contributed by atoms with Gasteiger partial charge in [-0.2, -0.15) is 0 Å². The fraction of sp³-hybridized carbons (Fsp3) is 0.562. The van der Waals surface area contributed by atoms with Crippen molar-refractivity contribution in [1.29, 1.82) is 0 Å². The summed E-state index contributed by atoms with van der Waals surface area (Å²) in [5.74, 6) is 0.0941. The van der Waals surface area contributed by atoms with Crippen LogP contribution in [0.2, 0.25) is 0 Å². The fourth-order valence-electron chi connectivity index (χ4n) is 2.19. The molecule has 1 atom stereocenters. The molecule has 0 aromatic carbocycles. The summed E-state index contributed by atoms with van der Waals surface area (Å²) < 4.78 is 10.0. The lowest BCUT2D eigenvalue weighted by Crippen LogP contribution is -2.55. The minimum atomic E-state index is -0.499. The van der Waals surface area contributed by atoms with Crippen molar-refractivity contribution in [1.82, 2.24) is 9.88 Å². The Labute approximate surface area is 136 Å². The molecule has 23 heavy (non-hydrogen) atoms. The molecule has 1 aliphatic heterocycles. The highest BCUT2D eigenvalue weighted by Gasteiger charge is 2.34. The molecule has 1 aromatic rings. The Morgan fingerprint density at radius 1 is 1.39 bits per heavy atom. The predicted octanol–water partition coefficient (Wildman–Crippen LogP) is 2.29. The first-order valence-corrected chi connectivity index (χ1v) is 7.59. The molecule has 2 heterocycles. The van der Waals surface area contributed by atoms with Gasteiger partial charge in [0.25, 0.3) is 0 Å². The molecule has 0 bridgehead atoms. The molecule has 7 heteroatoms. The maximum Gasteiger partial charge on any atom is 0.410 e. The number of methoxy groups -OCH3 is 1. The number of anilines is 1. The molecule has 0 spiro atoms. The highest BCUT2D eigenvalue weighted by atomic mass is 16.6. The standard InChI is InChI=1S/C16H23N3O4/c1-16(2,3)23-15(21)19-9-8-11(19)10-17-13-7-5-6-12(18-13)14(20)22-4/h5-7,11H,8-10H2,1-4H3,(H,17,18). The van der Waals surface area contributed by atoms with Crippen LogP contribution in [0.3, 0.4) is 0 Å². The van der Waals surface area contributed by atoms with Crippen LogP contribution < -0.4 is 5.32 Å². The number of rotatable bonds is 4. The number of carbonyl (C=O) groups excluding carboxylic acids is 2. The Morgan fingerprint density at radius 2 is 2.13 bits per heavy atom. The molecular formula is C16H23N3O4. The molecule has 1 unspecified atom stereocenters. The van der Waals surface area contributed by atoms with Gasteiger partial charge in [0.15, 0.2) is 5.69 Å². The van der Waals surface area contributed by atoms with E-state index in [0.717, 1.165) is 6.42 Å². The number of esters is 1. The lowest BCUT2D eigenvalue weighted by molar-refractivity contribution is -0.00276. The van der Waals surface area contributed by atoms with Crippen molar-refractivity contribution in [3.63, 3.8) is 0 Å². The van der Waals surface area contributed by atoms with Crippen LogP contribution in [0.15, 0.2) is 18.2 Å². The maximum atomic E-state index is 12.0. The second-order valence-electron chi connectivity index (χ2n) is 6.40. The molecule has 1 amide bonds. The summed E-state index contributed by atoms with van der Waals surface area (Å²) in [4.78, 5) is 29.4. The average Bonchev–Trinajstić information content (AvgIpc) is 2.43. The maximum absolute atomic E-state index is 12.0. The van der Waals surface area contributed by atoms with Gasteiger partial charge >= 0.3 is 12.1 Å². The Balaban J connectivity index is 1.89. The van der Waals surface area contributed by atoms with Crippen molar-refractivity contribution in [3.05, 3.63) is 23.9 Å². The normalized spacial score (nSPS) is 17.2. The quantitative estimate of drug-likeness (QED) is 0.857. The van der Waals surface area contributed by atoms with E-state index in [0.29, 0.717) is 18.9 Å².